The Balaban J connectivity index is 1.75. The Morgan fingerprint density at radius 2 is 2.24 bits per heavy atom. The fraction of sp³-hybridized carbons (Fsp3) is 0.375. The zero-order chi connectivity index (χ0) is 15.0. The summed E-state index contributed by atoms with van der Waals surface area (Å²) < 4.78 is 0. The normalized spacial score (nSPS) is 14.4. The Kier molecular flexibility index (Phi) is 3.68. The Morgan fingerprint density at radius 1 is 1.43 bits per heavy atom. The van der Waals surface area contributed by atoms with Crippen LogP contribution in [0.4, 0.5) is 5.69 Å². The number of fused-ring (bicyclic) bond motifs is 1. The molecule has 1 aliphatic heterocycles. The summed E-state index contributed by atoms with van der Waals surface area (Å²) in [4.78, 5) is 17.9. The Labute approximate surface area is 128 Å². The van der Waals surface area contributed by atoms with Gasteiger partial charge in [-0.3, -0.25) is 4.79 Å². The van der Waals surface area contributed by atoms with Gasteiger partial charge in [-0.2, -0.15) is 0 Å². The number of rotatable bonds is 3. The second kappa shape index (κ2) is 5.48. The zero-order valence-electron chi connectivity index (χ0n) is 12.5. The van der Waals surface area contributed by atoms with Gasteiger partial charge < -0.3 is 10.6 Å². The van der Waals surface area contributed by atoms with Crippen LogP contribution in [0.15, 0.2) is 18.2 Å². The topological polar surface area (TPSA) is 54.0 Å². The molecule has 2 aromatic rings. The molecule has 0 bridgehead atoms. The van der Waals surface area contributed by atoms with Crippen molar-refractivity contribution in [2.24, 2.45) is 0 Å². The van der Waals surface area contributed by atoms with E-state index >= 15 is 0 Å². The van der Waals surface area contributed by atoms with Crippen molar-refractivity contribution in [3.05, 3.63) is 44.9 Å². The van der Waals surface area contributed by atoms with Crippen LogP contribution in [0.25, 0.3) is 0 Å². The first-order valence-corrected chi connectivity index (χ1v) is 7.98. The molecular formula is C16H19N3OS. The van der Waals surface area contributed by atoms with Crippen LogP contribution in [0.3, 0.4) is 0 Å². The van der Waals surface area contributed by atoms with Gasteiger partial charge >= 0.3 is 0 Å². The van der Waals surface area contributed by atoms with Gasteiger partial charge in [-0.15, -0.1) is 11.3 Å². The fourth-order valence-electron chi connectivity index (χ4n) is 2.74. The molecule has 3 rings (SSSR count). The molecular weight excluding hydrogens is 282 g/mol. The highest BCUT2D eigenvalue weighted by Gasteiger charge is 2.18. The number of amides is 1. The SMILES string of the molecule is Cc1nc(C)c(C(C)NC(=O)c2ccc3c(c2)CCN3)s1. The third kappa shape index (κ3) is 2.78. The summed E-state index contributed by atoms with van der Waals surface area (Å²) in [5.41, 5.74) is 4.10. The smallest absolute Gasteiger partial charge is 0.251 e. The van der Waals surface area contributed by atoms with Gasteiger partial charge in [-0.25, -0.2) is 4.98 Å². The van der Waals surface area contributed by atoms with Crippen molar-refractivity contribution in [2.75, 3.05) is 11.9 Å². The van der Waals surface area contributed by atoms with Crippen LogP contribution in [0.1, 0.15) is 44.5 Å². The highest BCUT2D eigenvalue weighted by atomic mass is 32.1. The summed E-state index contributed by atoms with van der Waals surface area (Å²) in [7, 11) is 0. The predicted octanol–water partition coefficient (Wildman–Crippen LogP) is 3.22. The molecule has 1 atom stereocenters. The number of nitrogens with zero attached hydrogens (tertiary/aromatic N) is 1. The minimum absolute atomic E-state index is 0.0184. The second-order valence-electron chi connectivity index (χ2n) is 5.43. The number of aromatic nitrogens is 1. The molecule has 1 unspecified atom stereocenters. The molecule has 1 aliphatic rings. The molecule has 2 heterocycles. The quantitative estimate of drug-likeness (QED) is 0.915. The van der Waals surface area contributed by atoms with Gasteiger partial charge in [0.1, 0.15) is 0 Å². The first-order valence-electron chi connectivity index (χ1n) is 7.16. The average Bonchev–Trinajstić information content (AvgIpc) is 3.03. The number of carbonyl (C=O) groups is 1. The minimum Gasteiger partial charge on any atom is -0.384 e. The maximum absolute atomic E-state index is 12.4. The van der Waals surface area contributed by atoms with E-state index in [4.69, 9.17) is 0 Å². The number of anilines is 1. The molecule has 4 nitrogen and oxygen atoms in total. The van der Waals surface area contributed by atoms with E-state index in [2.05, 4.69) is 15.6 Å². The molecule has 0 saturated carbocycles. The number of hydrogen-bond donors (Lipinski definition) is 2. The molecule has 21 heavy (non-hydrogen) atoms. The molecule has 0 spiro atoms. The molecule has 0 aliphatic carbocycles. The monoisotopic (exact) mass is 301 g/mol. The Morgan fingerprint density at radius 3 is 2.95 bits per heavy atom. The first kappa shape index (κ1) is 14.1. The van der Waals surface area contributed by atoms with Crippen LogP contribution in [0.2, 0.25) is 0 Å². The van der Waals surface area contributed by atoms with Crippen LogP contribution in [0.5, 0.6) is 0 Å². The number of carbonyl (C=O) groups excluding carboxylic acids is 1. The summed E-state index contributed by atoms with van der Waals surface area (Å²) in [5.74, 6) is -0.0253. The second-order valence-corrected chi connectivity index (χ2v) is 6.66. The Bertz CT molecular complexity index is 693. The third-order valence-corrected chi connectivity index (χ3v) is 5.01. The zero-order valence-corrected chi connectivity index (χ0v) is 13.3. The van der Waals surface area contributed by atoms with E-state index in [1.165, 1.54) is 5.56 Å². The predicted molar refractivity (Wildman–Crippen MR) is 86.1 cm³/mol. The van der Waals surface area contributed by atoms with E-state index in [1.807, 2.05) is 39.0 Å². The standard InChI is InChI=1S/C16H19N3OS/c1-9-15(21-11(3)18-9)10(2)19-16(20)13-4-5-14-12(8-13)6-7-17-14/h4-5,8,10,17H,6-7H2,1-3H3,(H,19,20). The van der Waals surface area contributed by atoms with E-state index in [-0.39, 0.29) is 11.9 Å². The average molecular weight is 301 g/mol. The summed E-state index contributed by atoms with van der Waals surface area (Å²) in [6, 6.07) is 5.84. The van der Waals surface area contributed by atoms with Gasteiger partial charge in [0, 0.05) is 22.7 Å². The van der Waals surface area contributed by atoms with Crippen LogP contribution in [-0.2, 0) is 6.42 Å². The van der Waals surface area contributed by atoms with Crippen LogP contribution >= 0.6 is 11.3 Å². The third-order valence-electron chi connectivity index (χ3n) is 3.76. The molecule has 110 valence electrons. The maximum Gasteiger partial charge on any atom is 0.251 e. The summed E-state index contributed by atoms with van der Waals surface area (Å²) in [6.07, 6.45) is 0.985. The van der Waals surface area contributed by atoms with Gasteiger partial charge in [0.25, 0.3) is 5.91 Å². The van der Waals surface area contributed by atoms with Gasteiger partial charge in [-0.05, 0) is 51.0 Å². The molecule has 0 saturated heterocycles. The fourth-order valence-corrected chi connectivity index (χ4v) is 3.67. The lowest BCUT2D eigenvalue weighted by molar-refractivity contribution is 0.0940. The van der Waals surface area contributed by atoms with Gasteiger partial charge in [-0.1, -0.05) is 0 Å². The van der Waals surface area contributed by atoms with Crippen LogP contribution in [0, 0.1) is 13.8 Å². The highest BCUT2D eigenvalue weighted by molar-refractivity contribution is 7.11. The highest BCUT2D eigenvalue weighted by Crippen LogP contribution is 2.26. The lowest BCUT2D eigenvalue weighted by Gasteiger charge is -2.13. The number of benzene rings is 1. The van der Waals surface area contributed by atoms with Gasteiger partial charge in [0.15, 0.2) is 0 Å². The molecule has 1 aromatic carbocycles. The summed E-state index contributed by atoms with van der Waals surface area (Å²) in [6.45, 7) is 6.94. The van der Waals surface area contributed by atoms with Crippen molar-refractivity contribution in [3.8, 4) is 0 Å². The van der Waals surface area contributed by atoms with E-state index in [1.54, 1.807) is 11.3 Å². The van der Waals surface area contributed by atoms with Crippen molar-refractivity contribution in [3.63, 3.8) is 0 Å². The molecule has 1 amide bonds. The molecule has 1 aromatic heterocycles. The molecule has 0 radical (unpaired) electrons. The van der Waals surface area contributed by atoms with E-state index in [9.17, 15) is 4.79 Å². The minimum atomic E-state index is -0.0253. The lowest BCUT2D eigenvalue weighted by atomic mass is 10.1. The van der Waals surface area contributed by atoms with Crippen molar-refractivity contribution < 1.29 is 4.79 Å². The summed E-state index contributed by atoms with van der Waals surface area (Å²) in [5, 5.41) is 7.41. The molecule has 0 fully saturated rings. The molecule has 5 heteroatoms. The van der Waals surface area contributed by atoms with Gasteiger partial charge in [0.2, 0.25) is 0 Å². The number of thiazole rings is 1. The summed E-state index contributed by atoms with van der Waals surface area (Å²) >= 11 is 1.64. The van der Waals surface area contributed by atoms with Crippen molar-refractivity contribution in [1.29, 1.82) is 0 Å². The molecule has 2 N–H and O–H groups in total. The van der Waals surface area contributed by atoms with Crippen molar-refractivity contribution in [1.82, 2.24) is 10.3 Å². The van der Waals surface area contributed by atoms with Crippen molar-refractivity contribution >= 4 is 22.9 Å². The largest absolute Gasteiger partial charge is 0.384 e. The van der Waals surface area contributed by atoms with E-state index in [0.29, 0.717) is 0 Å². The first-order chi connectivity index (χ1) is 10.0. The number of hydrogen-bond acceptors (Lipinski definition) is 4. The van der Waals surface area contributed by atoms with Crippen LogP contribution in [-0.4, -0.2) is 17.4 Å². The lowest BCUT2D eigenvalue weighted by Crippen LogP contribution is -2.26. The Hall–Kier alpha value is -1.88. The number of nitrogens with one attached hydrogen (secondary N) is 2. The van der Waals surface area contributed by atoms with E-state index < -0.39 is 0 Å². The van der Waals surface area contributed by atoms with Gasteiger partial charge in [0.05, 0.1) is 16.7 Å². The maximum atomic E-state index is 12.4. The number of aryl methyl sites for hydroxylation is 2. The van der Waals surface area contributed by atoms with Crippen molar-refractivity contribution in [2.45, 2.75) is 33.2 Å². The van der Waals surface area contributed by atoms with Crippen LogP contribution < -0.4 is 10.6 Å². The van der Waals surface area contributed by atoms with E-state index in [0.717, 1.165) is 39.8 Å².